The van der Waals surface area contributed by atoms with Crippen molar-refractivity contribution in [2.75, 3.05) is 19.3 Å². The lowest BCUT2D eigenvalue weighted by atomic mass is 10.2. The summed E-state index contributed by atoms with van der Waals surface area (Å²) < 4.78 is 62.8. The summed E-state index contributed by atoms with van der Waals surface area (Å²) in [6.07, 6.45) is 2.73. The van der Waals surface area contributed by atoms with Gasteiger partial charge in [0.25, 0.3) is 0 Å². The molecular formula is C12H18ClFN2O4S2. The zero-order valence-corrected chi connectivity index (χ0v) is 14.3. The molecule has 1 aromatic rings. The number of hydrogen-bond donors (Lipinski definition) is 2. The Labute approximate surface area is 135 Å². The first-order chi connectivity index (χ1) is 9.70. The van der Waals surface area contributed by atoms with E-state index >= 15 is 0 Å². The van der Waals surface area contributed by atoms with Crippen LogP contribution in [0.2, 0.25) is 0 Å². The molecule has 0 amide bonds. The summed E-state index contributed by atoms with van der Waals surface area (Å²) >= 11 is 0. The molecule has 6 nitrogen and oxygen atoms in total. The standard InChI is InChI=1S/C12H17FN2O4S2.ClH/c1-20(16,17)12-5-4-10(7-11(12)13)21(18,19)15-8-9-3-2-6-14-9;/h4-5,7,9,14-15H,2-3,6,8H2,1H3;1H. The Morgan fingerprint density at radius 2 is 2.00 bits per heavy atom. The summed E-state index contributed by atoms with van der Waals surface area (Å²) in [4.78, 5) is -0.802. The summed E-state index contributed by atoms with van der Waals surface area (Å²) in [7, 11) is -7.58. The number of benzene rings is 1. The van der Waals surface area contributed by atoms with Crippen molar-refractivity contribution in [1.29, 1.82) is 0 Å². The highest BCUT2D eigenvalue weighted by atomic mass is 35.5. The largest absolute Gasteiger partial charge is 0.313 e. The van der Waals surface area contributed by atoms with Gasteiger partial charge in [-0.2, -0.15) is 0 Å². The van der Waals surface area contributed by atoms with Crippen molar-refractivity contribution in [2.24, 2.45) is 0 Å². The van der Waals surface area contributed by atoms with Crippen LogP contribution in [0.4, 0.5) is 4.39 Å². The van der Waals surface area contributed by atoms with Crippen LogP contribution in [0.3, 0.4) is 0 Å². The first-order valence-corrected chi connectivity index (χ1v) is 9.80. The van der Waals surface area contributed by atoms with Crippen molar-refractivity contribution >= 4 is 32.3 Å². The Kier molecular flexibility index (Phi) is 6.34. The molecule has 126 valence electrons. The van der Waals surface area contributed by atoms with E-state index in [1.807, 2.05) is 0 Å². The van der Waals surface area contributed by atoms with Crippen LogP contribution in [0, 0.1) is 5.82 Å². The Morgan fingerprint density at radius 1 is 1.32 bits per heavy atom. The molecule has 0 spiro atoms. The second-order valence-corrected chi connectivity index (χ2v) is 8.76. The summed E-state index contributed by atoms with van der Waals surface area (Å²) in [5.74, 6) is -1.07. The highest BCUT2D eigenvalue weighted by Gasteiger charge is 2.22. The van der Waals surface area contributed by atoms with E-state index in [1.165, 1.54) is 0 Å². The lowest BCUT2D eigenvalue weighted by Gasteiger charge is -2.12. The van der Waals surface area contributed by atoms with Crippen LogP contribution in [-0.2, 0) is 19.9 Å². The second kappa shape index (κ2) is 7.22. The van der Waals surface area contributed by atoms with Crippen molar-refractivity contribution in [3.63, 3.8) is 0 Å². The maximum Gasteiger partial charge on any atom is 0.240 e. The van der Waals surface area contributed by atoms with Crippen LogP contribution >= 0.6 is 12.4 Å². The maximum atomic E-state index is 13.7. The van der Waals surface area contributed by atoms with E-state index < -0.39 is 30.6 Å². The fourth-order valence-corrected chi connectivity index (χ4v) is 4.00. The average molecular weight is 373 g/mol. The lowest BCUT2D eigenvalue weighted by Crippen LogP contribution is -2.37. The topological polar surface area (TPSA) is 92.3 Å². The molecule has 1 saturated heterocycles. The van der Waals surface area contributed by atoms with Gasteiger partial charge in [0.2, 0.25) is 10.0 Å². The summed E-state index contributed by atoms with van der Waals surface area (Å²) in [5, 5.41) is 3.14. The van der Waals surface area contributed by atoms with Crippen molar-refractivity contribution in [1.82, 2.24) is 10.0 Å². The monoisotopic (exact) mass is 372 g/mol. The minimum atomic E-state index is -3.86. The van der Waals surface area contributed by atoms with Gasteiger partial charge in [0.1, 0.15) is 10.7 Å². The molecule has 1 aliphatic heterocycles. The zero-order chi connectivity index (χ0) is 15.7. The van der Waals surface area contributed by atoms with E-state index in [4.69, 9.17) is 0 Å². The van der Waals surface area contributed by atoms with E-state index in [0.717, 1.165) is 43.8 Å². The molecule has 1 atom stereocenters. The molecular weight excluding hydrogens is 355 g/mol. The number of halogens is 2. The van der Waals surface area contributed by atoms with Crippen molar-refractivity contribution in [2.45, 2.75) is 28.7 Å². The number of hydrogen-bond acceptors (Lipinski definition) is 5. The molecule has 2 N–H and O–H groups in total. The second-order valence-electron chi connectivity index (χ2n) is 5.01. The molecule has 1 unspecified atom stereocenters. The van der Waals surface area contributed by atoms with Gasteiger partial charge in [-0.25, -0.2) is 25.9 Å². The Hall–Kier alpha value is -0.740. The van der Waals surface area contributed by atoms with E-state index in [-0.39, 0.29) is 29.9 Å². The zero-order valence-electron chi connectivity index (χ0n) is 11.9. The first-order valence-electron chi connectivity index (χ1n) is 6.43. The molecule has 22 heavy (non-hydrogen) atoms. The normalized spacial score (nSPS) is 18.9. The van der Waals surface area contributed by atoms with E-state index in [2.05, 4.69) is 10.0 Å². The molecule has 0 bridgehead atoms. The molecule has 0 radical (unpaired) electrons. The average Bonchev–Trinajstić information content (AvgIpc) is 2.88. The third kappa shape index (κ3) is 4.63. The van der Waals surface area contributed by atoms with Gasteiger partial charge in [-0.3, -0.25) is 0 Å². The Balaban J connectivity index is 0.00000242. The van der Waals surface area contributed by atoms with Gasteiger partial charge < -0.3 is 5.32 Å². The first kappa shape index (κ1) is 19.3. The molecule has 1 aromatic carbocycles. The van der Waals surface area contributed by atoms with Gasteiger partial charge in [-0.1, -0.05) is 0 Å². The van der Waals surface area contributed by atoms with Gasteiger partial charge in [0.05, 0.1) is 4.90 Å². The smallest absolute Gasteiger partial charge is 0.240 e. The van der Waals surface area contributed by atoms with Crippen molar-refractivity contribution in [3.8, 4) is 0 Å². The predicted molar refractivity (Wildman–Crippen MR) is 83.0 cm³/mol. The van der Waals surface area contributed by atoms with Crippen LogP contribution in [0.15, 0.2) is 28.0 Å². The number of nitrogens with one attached hydrogen (secondary N) is 2. The molecule has 0 saturated carbocycles. The van der Waals surface area contributed by atoms with Gasteiger partial charge in [-0.05, 0) is 37.6 Å². The third-order valence-electron chi connectivity index (χ3n) is 3.30. The van der Waals surface area contributed by atoms with Crippen LogP contribution in [-0.4, -0.2) is 42.2 Å². The molecule has 1 heterocycles. The van der Waals surface area contributed by atoms with Crippen molar-refractivity contribution in [3.05, 3.63) is 24.0 Å². The van der Waals surface area contributed by atoms with Crippen LogP contribution in [0.1, 0.15) is 12.8 Å². The lowest BCUT2D eigenvalue weighted by molar-refractivity contribution is 0.546. The molecule has 1 aliphatic rings. The molecule has 10 heteroatoms. The molecule has 2 rings (SSSR count). The van der Waals surface area contributed by atoms with Crippen molar-refractivity contribution < 1.29 is 21.2 Å². The minimum absolute atomic E-state index is 0. The van der Waals surface area contributed by atoms with E-state index in [1.54, 1.807) is 0 Å². The SMILES string of the molecule is CS(=O)(=O)c1ccc(S(=O)(=O)NCC2CCCN2)cc1F.Cl. The molecule has 0 aromatic heterocycles. The molecule has 1 fully saturated rings. The van der Waals surface area contributed by atoms with Crippen LogP contribution in [0.5, 0.6) is 0 Å². The molecule has 0 aliphatic carbocycles. The minimum Gasteiger partial charge on any atom is -0.313 e. The number of sulfone groups is 1. The Morgan fingerprint density at radius 3 is 2.50 bits per heavy atom. The van der Waals surface area contributed by atoms with E-state index in [9.17, 15) is 21.2 Å². The van der Waals surface area contributed by atoms with Gasteiger partial charge in [0.15, 0.2) is 9.84 Å². The summed E-state index contributed by atoms with van der Waals surface area (Å²) in [5.41, 5.74) is 0. The number of rotatable bonds is 5. The summed E-state index contributed by atoms with van der Waals surface area (Å²) in [6, 6.07) is 2.84. The predicted octanol–water partition coefficient (Wildman–Crippen LogP) is 0.681. The fraction of sp³-hybridized carbons (Fsp3) is 0.500. The quantitative estimate of drug-likeness (QED) is 0.793. The highest BCUT2D eigenvalue weighted by molar-refractivity contribution is 7.90. The van der Waals surface area contributed by atoms with Gasteiger partial charge in [0, 0.05) is 18.8 Å². The third-order valence-corrected chi connectivity index (χ3v) is 5.85. The van der Waals surface area contributed by atoms with Gasteiger partial charge in [-0.15, -0.1) is 12.4 Å². The van der Waals surface area contributed by atoms with Gasteiger partial charge >= 0.3 is 0 Å². The van der Waals surface area contributed by atoms with E-state index in [0.29, 0.717) is 0 Å². The Bertz CT molecular complexity index is 731. The van der Waals surface area contributed by atoms with Crippen LogP contribution < -0.4 is 10.0 Å². The highest BCUT2D eigenvalue weighted by Crippen LogP contribution is 2.19. The fourth-order valence-electron chi connectivity index (χ4n) is 2.17. The maximum absolute atomic E-state index is 13.7. The van der Waals surface area contributed by atoms with Crippen LogP contribution in [0.25, 0.3) is 0 Å². The summed E-state index contributed by atoms with van der Waals surface area (Å²) in [6.45, 7) is 1.07. The number of sulfonamides is 1.